The van der Waals surface area contributed by atoms with Crippen molar-refractivity contribution < 1.29 is 9.59 Å². The van der Waals surface area contributed by atoms with Crippen LogP contribution >= 0.6 is 12.2 Å². The SMILES string of the molecule is NC(=O)CCN1CCN(CCC(N)=O)C1=S. The molecule has 90 valence electrons. The van der Waals surface area contributed by atoms with E-state index in [-0.39, 0.29) is 11.8 Å². The molecule has 0 radical (unpaired) electrons. The first-order valence-electron chi connectivity index (χ1n) is 5.11. The molecule has 4 N–H and O–H groups in total. The second-order valence-corrected chi connectivity index (χ2v) is 4.05. The van der Waals surface area contributed by atoms with Crippen LogP contribution in [0.1, 0.15) is 12.8 Å². The van der Waals surface area contributed by atoms with Gasteiger partial charge in [0, 0.05) is 39.0 Å². The second kappa shape index (κ2) is 5.64. The second-order valence-electron chi connectivity index (χ2n) is 3.69. The molecule has 0 aromatic carbocycles. The molecule has 0 unspecified atom stereocenters. The van der Waals surface area contributed by atoms with Gasteiger partial charge in [0.05, 0.1) is 0 Å². The van der Waals surface area contributed by atoms with E-state index in [1.807, 2.05) is 9.80 Å². The first kappa shape index (κ1) is 12.7. The summed E-state index contributed by atoms with van der Waals surface area (Å²) in [4.78, 5) is 25.1. The molecule has 1 aliphatic rings. The maximum absolute atomic E-state index is 10.6. The highest BCUT2D eigenvalue weighted by Crippen LogP contribution is 2.09. The van der Waals surface area contributed by atoms with Crippen LogP contribution in [-0.4, -0.2) is 52.9 Å². The van der Waals surface area contributed by atoms with Crippen molar-refractivity contribution in [1.29, 1.82) is 0 Å². The summed E-state index contributed by atoms with van der Waals surface area (Å²) in [5.41, 5.74) is 10.1. The fraction of sp³-hybridized carbons (Fsp3) is 0.667. The molecule has 0 bridgehead atoms. The molecule has 0 aromatic rings. The molecule has 16 heavy (non-hydrogen) atoms. The van der Waals surface area contributed by atoms with Crippen LogP contribution in [0, 0.1) is 0 Å². The zero-order chi connectivity index (χ0) is 12.1. The van der Waals surface area contributed by atoms with Crippen molar-refractivity contribution in [3.05, 3.63) is 0 Å². The van der Waals surface area contributed by atoms with E-state index in [1.54, 1.807) is 0 Å². The van der Waals surface area contributed by atoms with Crippen molar-refractivity contribution in [2.24, 2.45) is 11.5 Å². The molecular weight excluding hydrogens is 228 g/mol. The van der Waals surface area contributed by atoms with Crippen molar-refractivity contribution in [3.63, 3.8) is 0 Å². The maximum atomic E-state index is 10.6. The number of thiocarbonyl (C=S) groups is 1. The number of hydrogen-bond donors (Lipinski definition) is 2. The van der Waals surface area contributed by atoms with Crippen molar-refractivity contribution >= 4 is 29.1 Å². The fourth-order valence-electron chi connectivity index (χ4n) is 1.54. The molecular formula is C9H16N4O2S. The van der Waals surface area contributed by atoms with Gasteiger partial charge in [-0.25, -0.2) is 0 Å². The molecule has 1 heterocycles. The molecule has 1 aliphatic heterocycles. The van der Waals surface area contributed by atoms with Crippen LogP contribution in [0.4, 0.5) is 0 Å². The van der Waals surface area contributed by atoms with Gasteiger partial charge in [-0.3, -0.25) is 9.59 Å². The van der Waals surface area contributed by atoms with E-state index >= 15 is 0 Å². The van der Waals surface area contributed by atoms with E-state index in [0.29, 0.717) is 31.0 Å². The summed E-state index contributed by atoms with van der Waals surface area (Å²) in [6.45, 7) is 2.62. The number of carbonyl (C=O) groups excluding carboxylic acids is 2. The maximum Gasteiger partial charge on any atom is 0.219 e. The summed E-state index contributed by atoms with van der Waals surface area (Å²) in [7, 11) is 0. The lowest BCUT2D eigenvalue weighted by Gasteiger charge is -2.20. The standard InChI is InChI=1S/C9H16N4O2S/c10-7(14)1-3-12-5-6-13(9(12)16)4-2-8(11)15/h1-6H2,(H2,10,14)(H2,11,15). The van der Waals surface area contributed by atoms with E-state index in [1.165, 1.54) is 0 Å². The smallest absolute Gasteiger partial charge is 0.219 e. The van der Waals surface area contributed by atoms with Gasteiger partial charge < -0.3 is 21.3 Å². The molecule has 0 saturated carbocycles. The highest BCUT2D eigenvalue weighted by molar-refractivity contribution is 7.80. The molecule has 0 spiro atoms. The van der Waals surface area contributed by atoms with Crippen LogP contribution < -0.4 is 11.5 Å². The Labute approximate surface area is 99.5 Å². The Morgan fingerprint density at radius 3 is 1.75 bits per heavy atom. The number of rotatable bonds is 6. The number of amides is 2. The average Bonchev–Trinajstić information content (AvgIpc) is 2.53. The predicted octanol–water partition coefficient (Wildman–Crippen LogP) is -1.36. The van der Waals surface area contributed by atoms with Crippen molar-refractivity contribution in [2.45, 2.75) is 12.8 Å². The summed E-state index contributed by atoms with van der Waals surface area (Å²) in [5, 5.41) is 0.669. The van der Waals surface area contributed by atoms with Gasteiger partial charge in [0.2, 0.25) is 11.8 Å². The quantitative estimate of drug-likeness (QED) is 0.563. The van der Waals surface area contributed by atoms with Gasteiger partial charge >= 0.3 is 0 Å². The van der Waals surface area contributed by atoms with Gasteiger partial charge in [-0.1, -0.05) is 0 Å². The first-order valence-corrected chi connectivity index (χ1v) is 5.52. The molecule has 0 atom stereocenters. The number of primary amides is 2. The van der Waals surface area contributed by atoms with Crippen LogP contribution in [0.25, 0.3) is 0 Å². The fourth-order valence-corrected chi connectivity index (χ4v) is 1.90. The minimum atomic E-state index is -0.335. The minimum Gasteiger partial charge on any atom is -0.370 e. The third-order valence-corrected chi connectivity index (χ3v) is 2.95. The molecule has 1 rings (SSSR count). The summed E-state index contributed by atoms with van der Waals surface area (Å²) in [5.74, 6) is -0.670. The lowest BCUT2D eigenvalue weighted by Crippen LogP contribution is -2.35. The molecule has 7 heteroatoms. The first-order chi connectivity index (χ1) is 7.50. The largest absolute Gasteiger partial charge is 0.370 e. The third kappa shape index (κ3) is 3.65. The van der Waals surface area contributed by atoms with Crippen LogP contribution in [0.3, 0.4) is 0 Å². The monoisotopic (exact) mass is 244 g/mol. The van der Waals surface area contributed by atoms with Crippen molar-refractivity contribution in [1.82, 2.24) is 9.80 Å². The predicted molar refractivity (Wildman–Crippen MR) is 63.4 cm³/mol. The Kier molecular flexibility index (Phi) is 4.48. The normalized spacial score (nSPS) is 15.6. The van der Waals surface area contributed by atoms with E-state index in [2.05, 4.69) is 0 Å². The average molecular weight is 244 g/mol. The minimum absolute atomic E-state index is 0.295. The van der Waals surface area contributed by atoms with Crippen LogP contribution in [0.15, 0.2) is 0 Å². The van der Waals surface area contributed by atoms with Gasteiger partial charge in [-0.15, -0.1) is 0 Å². The zero-order valence-corrected chi connectivity index (χ0v) is 9.83. The summed E-state index contributed by atoms with van der Waals surface area (Å²) in [6.07, 6.45) is 0.591. The number of hydrogen-bond acceptors (Lipinski definition) is 3. The van der Waals surface area contributed by atoms with Crippen molar-refractivity contribution in [3.8, 4) is 0 Å². The van der Waals surface area contributed by atoms with E-state index in [4.69, 9.17) is 23.7 Å². The number of nitrogens with zero attached hydrogens (tertiary/aromatic N) is 2. The van der Waals surface area contributed by atoms with Gasteiger partial charge in [0.1, 0.15) is 0 Å². The Morgan fingerprint density at radius 2 is 1.44 bits per heavy atom. The molecule has 1 saturated heterocycles. The van der Waals surface area contributed by atoms with Crippen LogP contribution in [-0.2, 0) is 9.59 Å². The molecule has 2 amide bonds. The summed E-state index contributed by atoms with van der Waals surface area (Å²) >= 11 is 5.21. The molecule has 0 aliphatic carbocycles. The topological polar surface area (TPSA) is 92.7 Å². The Balaban J connectivity index is 2.35. The van der Waals surface area contributed by atoms with Gasteiger partial charge in [-0.2, -0.15) is 0 Å². The van der Waals surface area contributed by atoms with Gasteiger partial charge in [0.15, 0.2) is 5.11 Å². The van der Waals surface area contributed by atoms with E-state index in [9.17, 15) is 9.59 Å². The Morgan fingerprint density at radius 1 is 1.06 bits per heavy atom. The highest BCUT2D eigenvalue weighted by atomic mass is 32.1. The van der Waals surface area contributed by atoms with Gasteiger partial charge in [0.25, 0.3) is 0 Å². The van der Waals surface area contributed by atoms with Gasteiger partial charge in [-0.05, 0) is 12.2 Å². The van der Waals surface area contributed by atoms with E-state index < -0.39 is 0 Å². The summed E-state index contributed by atoms with van der Waals surface area (Å²) in [6, 6.07) is 0. The zero-order valence-electron chi connectivity index (χ0n) is 9.02. The third-order valence-electron chi connectivity index (χ3n) is 2.44. The highest BCUT2D eigenvalue weighted by Gasteiger charge is 2.24. The molecule has 6 nitrogen and oxygen atoms in total. The van der Waals surface area contributed by atoms with Crippen LogP contribution in [0.2, 0.25) is 0 Å². The molecule has 0 aromatic heterocycles. The lowest BCUT2D eigenvalue weighted by molar-refractivity contribution is -0.119. The lowest BCUT2D eigenvalue weighted by atomic mass is 10.4. The summed E-state index contributed by atoms with van der Waals surface area (Å²) < 4.78 is 0. The molecule has 1 fully saturated rings. The van der Waals surface area contributed by atoms with Crippen molar-refractivity contribution in [2.75, 3.05) is 26.2 Å². The number of carbonyl (C=O) groups is 2. The Hall–Kier alpha value is -1.37. The Bertz CT molecular complexity index is 280. The van der Waals surface area contributed by atoms with E-state index in [0.717, 1.165) is 13.1 Å². The number of nitrogens with two attached hydrogens (primary N) is 2. The van der Waals surface area contributed by atoms with Crippen LogP contribution in [0.5, 0.6) is 0 Å².